The average Bonchev–Trinajstić information content (AvgIpc) is 2.90. The van der Waals surface area contributed by atoms with Crippen molar-refractivity contribution in [3.05, 3.63) is 65.7 Å². The summed E-state index contributed by atoms with van der Waals surface area (Å²) in [6.07, 6.45) is -0.944. The number of aromatic hydroxyl groups is 1. The molecule has 0 aliphatic heterocycles. The highest BCUT2D eigenvalue weighted by atomic mass is 32.1. The second kappa shape index (κ2) is 15.5. The second-order valence-electron chi connectivity index (χ2n) is 8.85. The van der Waals surface area contributed by atoms with Gasteiger partial charge in [-0.05, 0) is 36.6 Å². The molecule has 12 nitrogen and oxygen atoms in total. The normalized spacial score (nSPS) is 13.7. The van der Waals surface area contributed by atoms with E-state index < -0.39 is 66.1 Å². The molecular weight excluding hydrogens is 526 g/mol. The number of thiol groups is 1. The fraction of sp³-hybridized carbons (Fsp3) is 0.346. The van der Waals surface area contributed by atoms with Crippen molar-refractivity contribution in [2.75, 3.05) is 13.1 Å². The molecule has 0 unspecified atom stereocenters. The van der Waals surface area contributed by atoms with Crippen LogP contribution in [0.25, 0.3) is 0 Å². The summed E-state index contributed by atoms with van der Waals surface area (Å²) in [6.45, 7) is 0.403. The molecule has 0 radical (unpaired) electrons. The molecule has 0 bridgehead atoms. The molecule has 0 saturated carbocycles. The van der Waals surface area contributed by atoms with Crippen LogP contribution < -0.4 is 27.0 Å². The van der Waals surface area contributed by atoms with E-state index in [1.54, 1.807) is 42.5 Å². The van der Waals surface area contributed by atoms with E-state index in [1.807, 2.05) is 0 Å². The van der Waals surface area contributed by atoms with E-state index >= 15 is 0 Å². The highest BCUT2D eigenvalue weighted by molar-refractivity contribution is 7.96. The summed E-state index contributed by atoms with van der Waals surface area (Å²) in [5, 5.41) is 28.0. The number of nitrogens with two attached hydrogens (primary N) is 1. The van der Waals surface area contributed by atoms with Crippen LogP contribution in [0.5, 0.6) is 5.75 Å². The lowest BCUT2D eigenvalue weighted by molar-refractivity contribution is -0.131. The SMILES string of the molecule is C[C@@H](O)[C@H](NC(=O)[C@H](Cc1ccccc1)NC(=O)CNC(=O)CNC(=O)[C@@H](N)Cc1ccc(O)cc1)C(=O)S. The Morgan fingerprint density at radius 2 is 1.41 bits per heavy atom. The number of rotatable bonds is 14. The number of hydrogen-bond acceptors (Lipinski definition) is 8. The molecule has 0 fully saturated rings. The number of amides is 4. The van der Waals surface area contributed by atoms with Crippen LogP contribution in [-0.2, 0) is 36.8 Å². The lowest BCUT2D eigenvalue weighted by Crippen LogP contribution is -2.55. The van der Waals surface area contributed by atoms with E-state index in [1.165, 1.54) is 19.1 Å². The van der Waals surface area contributed by atoms with E-state index in [0.717, 1.165) is 11.1 Å². The van der Waals surface area contributed by atoms with Crippen molar-refractivity contribution in [3.8, 4) is 5.75 Å². The van der Waals surface area contributed by atoms with Crippen molar-refractivity contribution in [2.24, 2.45) is 5.73 Å². The van der Waals surface area contributed by atoms with Crippen LogP contribution in [0, 0.1) is 0 Å². The summed E-state index contributed by atoms with van der Waals surface area (Å²) in [6, 6.07) is 11.7. The second-order valence-corrected chi connectivity index (χ2v) is 9.29. The van der Waals surface area contributed by atoms with Gasteiger partial charge in [0, 0.05) is 6.42 Å². The number of aliphatic hydroxyl groups is 1. The summed E-state index contributed by atoms with van der Waals surface area (Å²) in [5.74, 6) is -2.56. The number of aliphatic hydroxyl groups excluding tert-OH is 1. The first-order valence-electron chi connectivity index (χ1n) is 12.1. The largest absolute Gasteiger partial charge is 0.508 e. The first kappa shape index (κ1) is 31.3. The maximum absolute atomic E-state index is 12.8. The molecule has 4 amide bonds. The number of phenolic OH excluding ortho intramolecular Hbond substituents is 1. The molecule has 2 aromatic rings. The Bertz CT molecular complexity index is 1150. The van der Waals surface area contributed by atoms with Gasteiger partial charge < -0.3 is 37.2 Å². The Morgan fingerprint density at radius 1 is 0.821 bits per heavy atom. The highest BCUT2D eigenvalue weighted by Crippen LogP contribution is 2.11. The van der Waals surface area contributed by atoms with Gasteiger partial charge in [-0.1, -0.05) is 42.5 Å². The van der Waals surface area contributed by atoms with Crippen molar-refractivity contribution in [1.82, 2.24) is 21.3 Å². The summed E-state index contributed by atoms with van der Waals surface area (Å²) in [4.78, 5) is 61.4. The van der Waals surface area contributed by atoms with Gasteiger partial charge >= 0.3 is 0 Å². The Morgan fingerprint density at radius 3 is 2.00 bits per heavy atom. The van der Waals surface area contributed by atoms with Crippen LogP contribution in [0.2, 0.25) is 0 Å². The van der Waals surface area contributed by atoms with E-state index in [4.69, 9.17) is 5.73 Å². The lowest BCUT2D eigenvalue weighted by atomic mass is 10.0. The molecule has 210 valence electrons. The monoisotopic (exact) mass is 559 g/mol. The smallest absolute Gasteiger partial charge is 0.243 e. The Hall–Kier alpha value is -3.94. The Labute approximate surface area is 231 Å². The summed E-state index contributed by atoms with van der Waals surface area (Å²) in [7, 11) is 0. The average molecular weight is 560 g/mol. The van der Waals surface area contributed by atoms with Crippen molar-refractivity contribution in [3.63, 3.8) is 0 Å². The van der Waals surface area contributed by atoms with E-state index in [0.29, 0.717) is 0 Å². The molecular formula is C26H33N5O7S. The zero-order valence-electron chi connectivity index (χ0n) is 21.3. The quantitative estimate of drug-likeness (QED) is 0.128. The third-order valence-corrected chi connectivity index (χ3v) is 5.86. The van der Waals surface area contributed by atoms with Crippen molar-refractivity contribution < 1.29 is 34.2 Å². The van der Waals surface area contributed by atoms with Gasteiger partial charge in [0.05, 0.1) is 25.2 Å². The Balaban J connectivity index is 1.88. The molecule has 2 aromatic carbocycles. The highest BCUT2D eigenvalue weighted by Gasteiger charge is 2.28. The van der Waals surface area contributed by atoms with Crippen LogP contribution in [0.1, 0.15) is 18.1 Å². The van der Waals surface area contributed by atoms with Crippen LogP contribution in [0.4, 0.5) is 0 Å². The van der Waals surface area contributed by atoms with Gasteiger partial charge in [-0.3, -0.25) is 24.0 Å². The molecule has 4 atom stereocenters. The Kier molecular flexibility index (Phi) is 12.4. The van der Waals surface area contributed by atoms with E-state index in [9.17, 15) is 34.2 Å². The van der Waals surface area contributed by atoms with Gasteiger partial charge in [-0.15, -0.1) is 12.6 Å². The number of phenols is 1. The van der Waals surface area contributed by atoms with E-state index in [-0.39, 0.29) is 18.6 Å². The number of nitrogens with one attached hydrogen (secondary N) is 4. The molecule has 13 heteroatoms. The summed E-state index contributed by atoms with van der Waals surface area (Å²) >= 11 is 3.68. The van der Waals surface area contributed by atoms with Crippen LogP contribution in [0.15, 0.2) is 54.6 Å². The standard InChI is InChI=1S/C26H33N5O7S/c1-15(32)23(26(38)39)31-25(37)20(12-16-5-3-2-4-6-16)30-22(35)14-28-21(34)13-29-24(36)19(27)11-17-7-9-18(33)10-8-17/h2-10,15,19-20,23,32-33H,11-14,27H2,1H3,(H,28,34)(H,29,36)(H,30,35)(H,31,37)(H,38,39)/t15-,19+,20+,23+/m1/s1. The fourth-order valence-corrected chi connectivity index (χ4v) is 3.75. The summed E-state index contributed by atoms with van der Waals surface area (Å²) in [5.41, 5.74) is 7.31. The number of carbonyl (C=O) groups is 5. The van der Waals surface area contributed by atoms with Gasteiger partial charge in [0.2, 0.25) is 28.7 Å². The summed E-state index contributed by atoms with van der Waals surface area (Å²) < 4.78 is 0. The minimum absolute atomic E-state index is 0.0780. The number of benzene rings is 2. The maximum Gasteiger partial charge on any atom is 0.243 e. The first-order chi connectivity index (χ1) is 18.5. The zero-order valence-corrected chi connectivity index (χ0v) is 22.2. The molecule has 0 spiro atoms. The predicted molar refractivity (Wildman–Crippen MR) is 145 cm³/mol. The first-order valence-corrected chi connectivity index (χ1v) is 12.5. The molecule has 0 heterocycles. The predicted octanol–water partition coefficient (Wildman–Crippen LogP) is -1.46. The molecule has 2 rings (SSSR count). The third-order valence-electron chi connectivity index (χ3n) is 5.58. The van der Waals surface area contributed by atoms with Crippen molar-refractivity contribution in [2.45, 2.75) is 44.0 Å². The molecule has 0 aliphatic carbocycles. The lowest BCUT2D eigenvalue weighted by Gasteiger charge is -2.23. The zero-order chi connectivity index (χ0) is 28.9. The van der Waals surface area contributed by atoms with Crippen LogP contribution >= 0.6 is 12.6 Å². The van der Waals surface area contributed by atoms with Crippen LogP contribution in [0.3, 0.4) is 0 Å². The number of carbonyl (C=O) groups excluding carboxylic acids is 5. The van der Waals surface area contributed by atoms with Gasteiger partial charge in [0.1, 0.15) is 17.8 Å². The van der Waals surface area contributed by atoms with Gasteiger partial charge in [-0.2, -0.15) is 0 Å². The third kappa shape index (κ3) is 11.1. The molecule has 0 aliphatic rings. The number of hydrogen-bond donors (Lipinski definition) is 8. The van der Waals surface area contributed by atoms with Gasteiger partial charge in [-0.25, -0.2) is 0 Å². The minimum atomic E-state index is -1.28. The van der Waals surface area contributed by atoms with E-state index in [2.05, 4.69) is 33.9 Å². The molecule has 0 aromatic heterocycles. The molecule has 39 heavy (non-hydrogen) atoms. The fourth-order valence-electron chi connectivity index (χ4n) is 3.47. The minimum Gasteiger partial charge on any atom is -0.508 e. The van der Waals surface area contributed by atoms with Crippen LogP contribution in [-0.4, -0.2) is 76.3 Å². The maximum atomic E-state index is 12.8. The molecule has 8 N–H and O–H groups in total. The molecule has 0 saturated heterocycles. The van der Waals surface area contributed by atoms with Crippen molar-refractivity contribution >= 4 is 41.4 Å². The van der Waals surface area contributed by atoms with Crippen molar-refractivity contribution in [1.29, 1.82) is 0 Å². The van der Waals surface area contributed by atoms with Gasteiger partial charge in [0.25, 0.3) is 0 Å². The van der Waals surface area contributed by atoms with Gasteiger partial charge in [0.15, 0.2) is 0 Å². The topological polar surface area (TPSA) is 200 Å².